The fourth-order valence-electron chi connectivity index (χ4n) is 4.62. The van der Waals surface area contributed by atoms with E-state index in [9.17, 15) is 26.0 Å². The van der Waals surface area contributed by atoms with Gasteiger partial charge in [-0.2, -0.15) is 18.2 Å². The molecule has 1 aliphatic rings. The van der Waals surface area contributed by atoms with Crippen molar-refractivity contribution < 1.29 is 26.0 Å². The van der Waals surface area contributed by atoms with E-state index in [1.807, 2.05) is 0 Å². The summed E-state index contributed by atoms with van der Waals surface area (Å²) in [4.78, 5) is 13.3. The number of aromatic nitrogens is 3. The third-order valence-electron chi connectivity index (χ3n) is 6.74. The van der Waals surface area contributed by atoms with Crippen molar-refractivity contribution in [1.29, 1.82) is 0 Å². The van der Waals surface area contributed by atoms with Gasteiger partial charge in [-0.1, -0.05) is 25.0 Å². The van der Waals surface area contributed by atoms with Gasteiger partial charge in [0.2, 0.25) is 16.0 Å². The Balaban J connectivity index is 1.52. The number of hydrogen-bond donors (Lipinski definition) is 3. The fourth-order valence-corrected chi connectivity index (χ4v) is 5.14. The van der Waals surface area contributed by atoms with E-state index in [-0.39, 0.29) is 41.6 Å². The maximum absolute atomic E-state index is 14.2. The number of benzene rings is 2. The Morgan fingerprint density at radius 1 is 0.897 bits per heavy atom. The molecule has 4 N–H and O–H groups in total. The maximum Gasteiger partial charge on any atom is 0.411 e. The van der Waals surface area contributed by atoms with Gasteiger partial charge in [0.15, 0.2) is 5.82 Å². The zero-order chi connectivity index (χ0) is 27.8. The summed E-state index contributed by atoms with van der Waals surface area (Å²) in [6, 6.07) is 14.7. The summed E-state index contributed by atoms with van der Waals surface area (Å²) < 4.78 is 79.1. The summed E-state index contributed by atoms with van der Waals surface area (Å²) in [6.07, 6.45) is -3.88. The highest BCUT2D eigenvalue weighted by Gasteiger charge is 2.56. The standard InChI is InChI=1S/C26H24F4N6O2S/c27-18-7-5-17(6-8-18)20-11-12-21-22(33-20)23(36-25(26(28,29)30)13-1-2-14-25)35-24(34-21)32-15-16-3-9-19(10-4-16)39(31,37)38/h3-12H,1-2,13-15H2,(H2,31,37,38)(H2,32,34,35,36). The van der Waals surface area contributed by atoms with Crippen LogP contribution in [0.2, 0.25) is 0 Å². The smallest absolute Gasteiger partial charge is 0.354 e. The minimum atomic E-state index is -4.52. The molecule has 0 radical (unpaired) electrons. The van der Waals surface area contributed by atoms with E-state index in [0.717, 1.165) is 0 Å². The Bertz CT molecular complexity index is 1610. The molecule has 2 aromatic heterocycles. The number of sulfonamides is 1. The van der Waals surface area contributed by atoms with Crippen LogP contribution in [0.25, 0.3) is 22.3 Å². The lowest BCUT2D eigenvalue weighted by Gasteiger charge is -2.33. The Morgan fingerprint density at radius 3 is 2.18 bits per heavy atom. The lowest BCUT2D eigenvalue weighted by Crippen LogP contribution is -2.49. The zero-order valence-electron chi connectivity index (χ0n) is 20.5. The van der Waals surface area contributed by atoms with Crippen molar-refractivity contribution in [2.24, 2.45) is 5.14 Å². The summed E-state index contributed by atoms with van der Waals surface area (Å²) in [5.41, 5.74) is -0.00923. The predicted molar refractivity (Wildman–Crippen MR) is 139 cm³/mol. The number of primary sulfonamides is 1. The highest BCUT2D eigenvalue weighted by molar-refractivity contribution is 7.89. The van der Waals surface area contributed by atoms with Crippen molar-refractivity contribution >= 4 is 32.8 Å². The van der Waals surface area contributed by atoms with E-state index in [0.29, 0.717) is 35.2 Å². The van der Waals surface area contributed by atoms with Gasteiger partial charge in [-0.25, -0.2) is 27.9 Å². The van der Waals surface area contributed by atoms with Crippen molar-refractivity contribution in [2.45, 2.75) is 48.8 Å². The average Bonchev–Trinajstić information content (AvgIpc) is 3.38. The second-order valence-electron chi connectivity index (χ2n) is 9.42. The molecule has 13 heteroatoms. The first-order valence-corrected chi connectivity index (χ1v) is 13.6. The summed E-state index contributed by atoms with van der Waals surface area (Å²) in [5, 5.41) is 10.8. The number of alkyl halides is 3. The number of hydrogen-bond acceptors (Lipinski definition) is 7. The number of nitrogens with two attached hydrogens (primary N) is 1. The van der Waals surface area contributed by atoms with Gasteiger partial charge in [0.1, 0.15) is 16.9 Å². The first kappa shape index (κ1) is 26.8. The second kappa shape index (κ2) is 10.0. The molecule has 2 aromatic carbocycles. The van der Waals surface area contributed by atoms with E-state index < -0.39 is 27.6 Å². The quantitative estimate of drug-likeness (QED) is 0.260. The molecule has 1 fully saturated rings. The van der Waals surface area contributed by atoms with Crippen molar-refractivity contribution in [2.75, 3.05) is 10.6 Å². The molecular formula is C26H24F4N6O2S. The van der Waals surface area contributed by atoms with E-state index >= 15 is 0 Å². The molecule has 0 bridgehead atoms. The van der Waals surface area contributed by atoms with Crippen molar-refractivity contribution in [3.05, 3.63) is 72.0 Å². The van der Waals surface area contributed by atoms with Crippen LogP contribution >= 0.6 is 0 Å². The minimum absolute atomic E-state index is 0.0447. The third kappa shape index (κ3) is 5.64. The first-order chi connectivity index (χ1) is 18.4. The SMILES string of the molecule is NS(=O)(=O)c1ccc(CNc2nc(NC3(C(F)(F)F)CCCC3)c3nc(-c4ccc(F)cc4)ccc3n2)cc1. The van der Waals surface area contributed by atoms with Gasteiger partial charge in [-0.05, 0) is 66.9 Å². The predicted octanol–water partition coefficient (Wildman–Crippen LogP) is 5.38. The molecule has 0 unspecified atom stereocenters. The number of halogens is 4. The van der Waals surface area contributed by atoms with Gasteiger partial charge in [0, 0.05) is 12.1 Å². The zero-order valence-corrected chi connectivity index (χ0v) is 21.3. The molecule has 1 saturated carbocycles. The third-order valence-corrected chi connectivity index (χ3v) is 7.67. The van der Waals surface area contributed by atoms with Gasteiger partial charge in [-0.15, -0.1) is 0 Å². The summed E-state index contributed by atoms with van der Waals surface area (Å²) in [6.45, 7) is 0.168. The van der Waals surface area contributed by atoms with Gasteiger partial charge in [0.25, 0.3) is 0 Å². The molecular weight excluding hydrogens is 536 g/mol. The second-order valence-corrected chi connectivity index (χ2v) is 11.0. The van der Waals surface area contributed by atoms with Gasteiger partial charge in [-0.3, -0.25) is 0 Å². The van der Waals surface area contributed by atoms with E-state index in [1.165, 1.54) is 36.4 Å². The van der Waals surface area contributed by atoms with E-state index in [4.69, 9.17) is 5.14 Å². The number of anilines is 2. The lowest BCUT2D eigenvalue weighted by molar-refractivity contribution is -0.176. The fraction of sp³-hybridized carbons (Fsp3) is 0.269. The highest BCUT2D eigenvalue weighted by atomic mass is 32.2. The van der Waals surface area contributed by atoms with Crippen LogP contribution in [0.5, 0.6) is 0 Å². The molecule has 8 nitrogen and oxygen atoms in total. The molecule has 5 rings (SSSR count). The number of fused-ring (bicyclic) bond motifs is 1. The Hall–Kier alpha value is -3.84. The monoisotopic (exact) mass is 560 g/mol. The normalized spacial score (nSPS) is 15.4. The molecule has 1 aliphatic carbocycles. The first-order valence-electron chi connectivity index (χ1n) is 12.1. The number of nitrogens with one attached hydrogen (secondary N) is 2. The summed E-state index contributed by atoms with van der Waals surface area (Å²) in [5.74, 6) is -0.434. The van der Waals surface area contributed by atoms with Crippen LogP contribution in [0.1, 0.15) is 31.2 Å². The summed E-state index contributed by atoms with van der Waals surface area (Å²) >= 11 is 0. The van der Waals surface area contributed by atoms with E-state index in [2.05, 4.69) is 25.6 Å². The van der Waals surface area contributed by atoms with Gasteiger partial charge in [0.05, 0.1) is 16.1 Å². The van der Waals surface area contributed by atoms with Crippen LogP contribution in [-0.2, 0) is 16.6 Å². The molecule has 0 aliphatic heterocycles. The van der Waals surface area contributed by atoms with Crippen molar-refractivity contribution in [1.82, 2.24) is 15.0 Å². The molecule has 0 saturated heterocycles. The molecule has 39 heavy (non-hydrogen) atoms. The van der Waals surface area contributed by atoms with Crippen LogP contribution in [-0.4, -0.2) is 35.1 Å². The van der Waals surface area contributed by atoms with Gasteiger partial charge >= 0.3 is 6.18 Å². The molecule has 4 aromatic rings. The van der Waals surface area contributed by atoms with Crippen molar-refractivity contribution in [3.63, 3.8) is 0 Å². The number of rotatable bonds is 7. The highest BCUT2D eigenvalue weighted by Crippen LogP contribution is 2.45. The van der Waals surface area contributed by atoms with Crippen LogP contribution in [0.15, 0.2) is 65.6 Å². The molecule has 204 valence electrons. The number of pyridine rings is 1. The van der Waals surface area contributed by atoms with Crippen LogP contribution in [0.4, 0.5) is 29.3 Å². The summed E-state index contributed by atoms with van der Waals surface area (Å²) in [7, 11) is -3.84. The maximum atomic E-state index is 14.2. The van der Waals surface area contributed by atoms with Crippen molar-refractivity contribution in [3.8, 4) is 11.3 Å². The molecule has 2 heterocycles. The van der Waals surface area contributed by atoms with Crippen LogP contribution < -0.4 is 15.8 Å². The molecule has 0 amide bonds. The Morgan fingerprint density at radius 2 is 1.56 bits per heavy atom. The van der Waals surface area contributed by atoms with Gasteiger partial charge < -0.3 is 10.6 Å². The number of nitrogens with zero attached hydrogens (tertiary/aromatic N) is 3. The minimum Gasteiger partial charge on any atom is -0.354 e. The van der Waals surface area contributed by atoms with E-state index in [1.54, 1.807) is 24.3 Å². The van der Waals surface area contributed by atoms with Crippen LogP contribution in [0.3, 0.4) is 0 Å². The average molecular weight is 561 g/mol. The lowest BCUT2D eigenvalue weighted by atomic mass is 9.96. The molecule has 0 atom stereocenters. The topological polar surface area (TPSA) is 123 Å². The van der Waals surface area contributed by atoms with Crippen LogP contribution in [0, 0.1) is 5.82 Å². The Labute approximate surface area is 221 Å². The Kier molecular flexibility index (Phi) is 6.89. The molecule has 0 spiro atoms. The largest absolute Gasteiger partial charge is 0.411 e.